The third-order valence-electron chi connectivity index (χ3n) is 12.3. The highest BCUT2D eigenvalue weighted by Crippen LogP contribution is 2.35. The van der Waals surface area contributed by atoms with Crippen LogP contribution in [0.15, 0.2) is 115 Å². The number of aromatic nitrogens is 3. The number of fused-ring (bicyclic) bond motifs is 2. The Balaban J connectivity index is 0.619. The van der Waals surface area contributed by atoms with E-state index >= 15 is 0 Å². The van der Waals surface area contributed by atoms with Gasteiger partial charge in [-0.05, 0) is 87.3 Å². The number of benzene rings is 6. The van der Waals surface area contributed by atoms with Crippen molar-refractivity contribution >= 4 is 49.8 Å². The van der Waals surface area contributed by atoms with Crippen LogP contribution in [-0.4, -0.2) is 71.2 Å². The summed E-state index contributed by atoms with van der Waals surface area (Å²) in [5.74, 6) is 0.272. The summed E-state index contributed by atoms with van der Waals surface area (Å²) >= 11 is 0. The molecular weight excluding hydrogens is 789 g/mol. The molecule has 3 heterocycles. The van der Waals surface area contributed by atoms with Gasteiger partial charge in [0.15, 0.2) is 0 Å². The standard InChI is InChI=1S/C52H56N6O5/c59-51-47-19-13-16-41-31-43(56-24-28-61-29-25-56)32-48(50(41)47)52(60)58(51)37-57-35-42(54-55-57)36-62-26-11-5-3-1-2-4-6-12-27-63-44-22-20-38(21-23-44)33-53-34-49-45-17-9-7-14-39(45)30-40-15-8-10-18-46(40)49/h7-10,13-23,30-32,35,53H,1-6,11-12,24-29,33-34,36-37H2. The lowest BCUT2D eigenvalue weighted by molar-refractivity contribution is 0.0551. The first kappa shape index (κ1) is 42.2. The van der Waals surface area contributed by atoms with Gasteiger partial charge in [0, 0.05) is 49.4 Å². The highest BCUT2D eigenvalue weighted by molar-refractivity contribution is 6.25. The van der Waals surface area contributed by atoms with Crippen LogP contribution in [0.4, 0.5) is 5.69 Å². The second-order valence-corrected chi connectivity index (χ2v) is 16.7. The number of unbranched alkanes of at least 4 members (excludes halogenated alkanes) is 7. The molecule has 2 aliphatic rings. The van der Waals surface area contributed by atoms with Gasteiger partial charge in [0.2, 0.25) is 0 Å². The number of hydrogen-bond donors (Lipinski definition) is 1. The van der Waals surface area contributed by atoms with E-state index in [-0.39, 0.29) is 18.5 Å². The SMILES string of the molecule is O=C1c2cccc3cc(N4CCOCC4)cc(c23)C(=O)N1Cn1cc(COCCCCCCCCCCOc2ccc(CNCc3c4ccccc4cc4ccccc34)cc2)nn1. The van der Waals surface area contributed by atoms with Gasteiger partial charge in [-0.15, -0.1) is 5.10 Å². The molecule has 1 fully saturated rings. The van der Waals surface area contributed by atoms with Crippen molar-refractivity contribution in [2.75, 3.05) is 44.4 Å². The Hall–Kier alpha value is -6.14. The molecule has 11 heteroatoms. The van der Waals surface area contributed by atoms with Crippen LogP contribution in [0.5, 0.6) is 5.75 Å². The fraction of sp³-hybridized carbons (Fsp3) is 0.346. The van der Waals surface area contributed by atoms with Crippen LogP contribution in [0.2, 0.25) is 0 Å². The fourth-order valence-electron chi connectivity index (χ4n) is 8.96. The van der Waals surface area contributed by atoms with Crippen LogP contribution in [0, 0.1) is 0 Å². The quantitative estimate of drug-likeness (QED) is 0.0430. The summed E-state index contributed by atoms with van der Waals surface area (Å²) < 4.78 is 19.0. The molecule has 0 unspecified atom stereocenters. The molecule has 2 amide bonds. The van der Waals surface area contributed by atoms with Crippen LogP contribution in [-0.2, 0) is 35.8 Å². The smallest absolute Gasteiger partial charge is 0.263 e. The topological polar surface area (TPSA) is 111 Å². The molecule has 0 saturated carbocycles. The van der Waals surface area contributed by atoms with Crippen LogP contribution in [0.3, 0.4) is 0 Å². The highest BCUT2D eigenvalue weighted by Gasteiger charge is 2.34. The van der Waals surface area contributed by atoms with Crippen LogP contribution in [0.25, 0.3) is 32.3 Å². The average Bonchev–Trinajstić information content (AvgIpc) is 3.78. The van der Waals surface area contributed by atoms with Crippen molar-refractivity contribution < 1.29 is 23.8 Å². The molecule has 0 aliphatic carbocycles. The third-order valence-corrected chi connectivity index (χ3v) is 12.3. The number of carbonyl (C=O) groups is 2. The number of hydrogen-bond acceptors (Lipinski definition) is 9. The largest absolute Gasteiger partial charge is 0.494 e. The minimum atomic E-state index is -0.330. The molecule has 2 aliphatic heterocycles. The Morgan fingerprint density at radius 2 is 1.32 bits per heavy atom. The van der Waals surface area contributed by atoms with E-state index in [0.717, 1.165) is 68.9 Å². The van der Waals surface area contributed by atoms with Crippen LogP contribution in [0.1, 0.15) is 88.9 Å². The zero-order valence-electron chi connectivity index (χ0n) is 36.0. The molecule has 324 valence electrons. The lowest BCUT2D eigenvalue weighted by Crippen LogP contribution is -2.42. The van der Waals surface area contributed by atoms with Crippen molar-refractivity contribution in [1.82, 2.24) is 25.2 Å². The van der Waals surface area contributed by atoms with Gasteiger partial charge in [-0.3, -0.25) is 14.5 Å². The van der Waals surface area contributed by atoms with Crippen molar-refractivity contribution in [1.29, 1.82) is 0 Å². The Morgan fingerprint density at radius 1 is 0.651 bits per heavy atom. The van der Waals surface area contributed by atoms with Gasteiger partial charge in [0.25, 0.3) is 11.8 Å². The predicted octanol–water partition coefficient (Wildman–Crippen LogP) is 9.83. The first-order valence-electron chi connectivity index (χ1n) is 22.6. The summed E-state index contributed by atoms with van der Waals surface area (Å²) in [6.45, 7) is 6.13. The maximum absolute atomic E-state index is 13.8. The normalized spacial score (nSPS) is 14.1. The third kappa shape index (κ3) is 10.1. The Kier molecular flexibility index (Phi) is 13.6. The molecule has 7 aromatic rings. The van der Waals surface area contributed by atoms with Crippen LogP contribution >= 0.6 is 0 Å². The first-order valence-corrected chi connectivity index (χ1v) is 22.6. The van der Waals surface area contributed by atoms with E-state index < -0.39 is 0 Å². The number of amides is 2. The van der Waals surface area contributed by atoms with Crippen molar-refractivity contribution in [2.45, 2.75) is 77.7 Å². The maximum atomic E-state index is 13.8. The average molecular weight is 845 g/mol. The summed E-state index contributed by atoms with van der Waals surface area (Å²) in [6, 6.07) is 37.6. The number of anilines is 1. The van der Waals surface area contributed by atoms with Gasteiger partial charge in [0.1, 0.15) is 18.1 Å². The zero-order chi connectivity index (χ0) is 42.8. The van der Waals surface area contributed by atoms with Crippen molar-refractivity contribution in [3.8, 4) is 5.75 Å². The number of carbonyl (C=O) groups excluding carboxylic acids is 2. The lowest BCUT2D eigenvalue weighted by Gasteiger charge is -2.31. The van der Waals surface area contributed by atoms with E-state index in [1.165, 1.54) is 74.4 Å². The van der Waals surface area contributed by atoms with Gasteiger partial charge >= 0.3 is 0 Å². The number of nitrogens with zero attached hydrogens (tertiary/aromatic N) is 5. The van der Waals surface area contributed by atoms with Crippen molar-refractivity contribution in [3.05, 3.63) is 143 Å². The second kappa shape index (κ2) is 20.4. The predicted molar refractivity (Wildman–Crippen MR) is 248 cm³/mol. The monoisotopic (exact) mass is 844 g/mol. The van der Waals surface area contributed by atoms with Gasteiger partial charge in [0.05, 0.1) is 38.2 Å². The second-order valence-electron chi connectivity index (χ2n) is 16.7. The fourth-order valence-corrected chi connectivity index (χ4v) is 8.96. The number of nitrogens with one attached hydrogen (secondary N) is 1. The summed E-state index contributed by atoms with van der Waals surface area (Å²) in [5, 5.41) is 18.9. The molecule has 0 spiro atoms. The molecule has 1 N–H and O–H groups in total. The maximum Gasteiger partial charge on any atom is 0.263 e. The van der Waals surface area contributed by atoms with Gasteiger partial charge in [-0.1, -0.05) is 117 Å². The number of rotatable bonds is 21. The molecule has 0 radical (unpaired) electrons. The highest BCUT2D eigenvalue weighted by atomic mass is 16.5. The van der Waals surface area contributed by atoms with E-state index in [1.807, 2.05) is 18.2 Å². The summed E-state index contributed by atoms with van der Waals surface area (Å²) in [6.07, 6.45) is 11.0. The van der Waals surface area contributed by atoms with E-state index in [2.05, 4.69) is 105 Å². The molecule has 1 aromatic heterocycles. The van der Waals surface area contributed by atoms with E-state index in [9.17, 15) is 9.59 Å². The van der Waals surface area contributed by atoms with E-state index in [1.54, 1.807) is 12.3 Å². The molecule has 11 nitrogen and oxygen atoms in total. The number of ether oxygens (including phenoxy) is 3. The summed E-state index contributed by atoms with van der Waals surface area (Å²) in [4.78, 5) is 30.8. The molecule has 1 saturated heterocycles. The molecule has 6 aromatic carbocycles. The zero-order valence-corrected chi connectivity index (χ0v) is 36.0. The van der Waals surface area contributed by atoms with Crippen molar-refractivity contribution in [2.24, 2.45) is 0 Å². The summed E-state index contributed by atoms with van der Waals surface area (Å²) in [5.41, 5.74) is 5.27. The minimum Gasteiger partial charge on any atom is -0.494 e. The van der Waals surface area contributed by atoms with Crippen molar-refractivity contribution in [3.63, 3.8) is 0 Å². The molecule has 0 atom stereocenters. The molecule has 63 heavy (non-hydrogen) atoms. The van der Waals surface area contributed by atoms with Gasteiger partial charge < -0.3 is 24.4 Å². The van der Waals surface area contributed by atoms with Gasteiger partial charge in [-0.2, -0.15) is 0 Å². The van der Waals surface area contributed by atoms with Gasteiger partial charge in [-0.25, -0.2) is 4.68 Å². The minimum absolute atomic E-state index is 0.0197. The Bertz CT molecular complexity index is 2620. The van der Waals surface area contributed by atoms with E-state index in [0.29, 0.717) is 48.6 Å². The van der Waals surface area contributed by atoms with E-state index in [4.69, 9.17) is 14.2 Å². The Labute approximate surface area is 368 Å². The Morgan fingerprint density at radius 3 is 2.06 bits per heavy atom. The first-order chi connectivity index (χ1) is 31.1. The molecule has 9 rings (SSSR count). The molecule has 0 bridgehead atoms. The molecular formula is C52H56N6O5. The number of morpholine rings is 1. The number of imide groups is 1. The summed E-state index contributed by atoms with van der Waals surface area (Å²) in [7, 11) is 0. The lowest BCUT2D eigenvalue weighted by atomic mass is 9.93. The van der Waals surface area contributed by atoms with Crippen LogP contribution < -0.4 is 15.0 Å².